The van der Waals surface area contributed by atoms with E-state index < -0.39 is 53.0 Å². The first kappa shape index (κ1) is 28.6. The molecule has 5 atom stereocenters. The van der Waals surface area contributed by atoms with Crippen molar-refractivity contribution < 1.29 is 41.0 Å². The molecule has 212 valence electrons. The van der Waals surface area contributed by atoms with Crippen LogP contribution in [0.1, 0.15) is 32.3 Å². The summed E-state index contributed by atoms with van der Waals surface area (Å²) in [5.74, 6) is -7.18. The van der Waals surface area contributed by atoms with Crippen LogP contribution in [-0.4, -0.2) is 77.9 Å². The molecule has 2 aromatic rings. The smallest absolute Gasteiger partial charge is 0.417 e. The molecule has 2 saturated heterocycles. The molecule has 9 nitrogen and oxygen atoms in total. The number of benzene rings is 1. The first-order valence-electron chi connectivity index (χ1n) is 12.1. The lowest BCUT2D eigenvalue weighted by molar-refractivity contribution is -0.272. The third kappa shape index (κ3) is 5.02. The van der Waals surface area contributed by atoms with E-state index in [-0.39, 0.29) is 35.7 Å². The zero-order valence-electron chi connectivity index (χ0n) is 21.8. The molecule has 1 N–H and O–H groups in total. The molecule has 0 spiro atoms. The van der Waals surface area contributed by atoms with Crippen LogP contribution in [-0.2, 0) is 14.3 Å². The molecule has 0 bridgehead atoms. The Morgan fingerprint density at radius 3 is 2.54 bits per heavy atom. The summed E-state index contributed by atoms with van der Waals surface area (Å²) in [5, 5.41) is 2.44. The summed E-state index contributed by atoms with van der Waals surface area (Å²) >= 11 is 0. The standard InChI is InChI=1S/C25H28F5N5O4/c1-12-9-34(4)10-18(36)35(12)17-8-16(31-11-32-17)33-23(37)22-19(13(2)24(3,39-22)25(28,29)30)14-6-7-15(26)20(27)21(14)38-5/h6-8,11-13,19,22H,9-10H2,1-5H3,(H,31,32,33,37)/t12-,13+,19+,22-,24-/m1/s1. The van der Waals surface area contributed by atoms with E-state index in [0.717, 1.165) is 32.5 Å². The highest BCUT2D eigenvalue weighted by Gasteiger charge is 2.66. The number of carbonyl (C=O) groups is 2. The number of alkyl halides is 3. The number of hydrogen-bond donors (Lipinski definition) is 1. The Morgan fingerprint density at radius 1 is 1.23 bits per heavy atom. The van der Waals surface area contributed by atoms with Crippen LogP contribution in [0, 0.1) is 17.6 Å². The molecule has 1 aromatic carbocycles. The summed E-state index contributed by atoms with van der Waals surface area (Å²) in [5.41, 5.74) is -2.95. The van der Waals surface area contributed by atoms with Crippen molar-refractivity contribution in [1.82, 2.24) is 14.9 Å². The lowest BCUT2D eigenvalue weighted by atomic mass is 9.77. The van der Waals surface area contributed by atoms with E-state index in [2.05, 4.69) is 15.3 Å². The van der Waals surface area contributed by atoms with Gasteiger partial charge in [-0.05, 0) is 27.0 Å². The van der Waals surface area contributed by atoms with E-state index in [0.29, 0.717) is 6.54 Å². The van der Waals surface area contributed by atoms with Crippen molar-refractivity contribution in [3.8, 4) is 5.75 Å². The Hall–Kier alpha value is -3.39. The van der Waals surface area contributed by atoms with Crippen LogP contribution in [0.3, 0.4) is 0 Å². The molecule has 2 amide bonds. The lowest BCUT2D eigenvalue weighted by Crippen LogP contribution is -2.54. The number of nitrogens with zero attached hydrogens (tertiary/aromatic N) is 4. The van der Waals surface area contributed by atoms with Crippen LogP contribution in [0.4, 0.5) is 33.6 Å². The zero-order valence-corrected chi connectivity index (χ0v) is 21.8. The second-order valence-corrected chi connectivity index (χ2v) is 10.0. The fraction of sp³-hybridized carbons (Fsp3) is 0.520. The molecular weight excluding hydrogens is 529 g/mol. The van der Waals surface area contributed by atoms with Gasteiger partial charge in [-0.2, -0.15) is 17.6 Å². The Morgan fingerprint density at radius 2 is 1.92 bits per heavy atom. The number of hydrogen-bond acceptors (Lipinski definition) is 7. The summed E-state index contributed by atoms with van der Waals surface area (Å²) in [7, 11) is 2.84. The number of halogens is 5. The molecule has 39 heavy (non-hydrogen) atoms. The van der Waals surface area contributed by atoms with E-state index in [4.69, 9.17) is 9.47 Å². The number of aromatic nitrogens is 2. The van der Waals surface area contributed by atoms with Crippen LogP contribution < -0.4 is 15.0 Å². The number of ether oxygens (including phenoxy) is 2. The highest BCUT2D eigenvalue weighted by Crippen LogP contribution is 2.55. The van der Waals surface area contributed by atoms with Gasteiger partial charge in [0.05, 0.1) is 13.7 Å². The van der Waals surface area contributed by atoms with Gasteiger partial charge in [0, 0.05) is 36.1 Å². The van der Waals surface area contributed by atoms with Gasteiger partial charge < -0.3 is 14.8 Å². The van der Waals surface area contributed by atoms with Crippen molar-refractivity contribution in [2.45, 2.75) is 50.6 Å². The summed E-state index contributed by atoms with van der Waals surface area (Å²) in [6.45, 7) is 4.55. The summed E-state index contributed by atoms with van der Waals surface area (Å²) < 4.78 is 81.2. The van der Waals surface area contributed by atoms with Gasteiger partial charge in [0.15, 0.2) is 17.2 Å². The second-order valence-electron chi connectivity index (χ2n) is 10.0. The maximum absolute atomic E-state index is 14.5. The Bertz CT molecular complexity index is 1280. The number of nitrogens with one attached hydrogen (secondary N) is 1. The third-order valence-corrected chi connectivity index (χ3v) is 7.41. The van der Waals surface area contributed by atoms with Crippen LogP contribution in [0.5, 0.6) is 5.75 Å². The van der Waals surface area contributed by atoms with Gasteiger partial charge in [0.1, 0.15) is 24.1 Å². The number of anilines is 2. The molecule has 2 fully saturated rings. The highest BCUT2D eigenvalue weighted by atomic mass is 19.4. The van der Waals surface area contributed by atoms with E-state index in [9.17, 15) is 31.5 Å². The first-order chi connectivity index (χ1) is 18.2. The Kier molecular flexibility index (Phi) is 7.56. The van der Waals surface area contributed by atoms with Crippen LogP contribution >= 0.6 is 0 Å². The number of methoxy groups -OCH3 is 1. The van der Waals surface area contributed by atoms with Crippen LogP contribution in [0.2, 0.25) is 0 Å². The predicted molar refractivity (Wildman–Crippen MR) is 129 cm³/mol. The number of likely N-dealkylation sites (N-methyl/N-ethyl adjacent to an activating group) is 1. The molecule has 0 saturated carbocycles. The van der Waals surface area contributed by atoms with Gasteiger partial charge in [-0.3, -0.25) is 19.4 Å². The lowest BCUT2D eigenvalue weighted by Gasteiger charge is -2.37. The van der Waals surface area contributed by atoms with Gasteiger partial charge in [-0.15, -0.1) is 0 Å². The minimum absolute atomic E-state index is 0.0863. The van der Waals surface area contributed by atoms with Crippen molar-refractivity contribution in [1.29, 1.82) is 0 Å². The topological polar surface area (TPSA) is 96.9 Å². The van der Waals surface area contributed by atoms with Crippen LogP contribution in [0.25, 0.3) is 0 Å². The van der Waals surface area contributed by atoms with Gasteiger partial charge in [0.2, 0.25) is 11.7 Å². The number of amides is 2. The fourth-order valence-electron chi connectivity index (χ4n) is 5.29. The molecule has 2 aliphatic rings. The minimum atomic E-state index is -4.90. The SMILES string of the molecule is COc1c([C@H]2[C@H](C(=O)Nc3cc(N4C(=O)CN(C)C[C@H]4C)ncn3)O[C@@](C)(C(F)(F)F)[C@H]2C)ccc(F)c1F. The number of rotatable bonds is 5. The van der Waals surface area contributed by atoms with Gasteiger partial charge in [0.25, 0.3) is 5.91 Å². The number of piperazine rings is 1. The zero-order chi connectivity index (χ0) is 28.9. The van der Waals surface area contributed by atoms with Gasteiger partial charge in [-0.25, -0.2) is 14.4 Å². The normalized spacial score (nSPS) is 28.1. The quantitative estimate of drug-likeness (QED) is 0.562. The Balaban J connectivity index is 1.69. The largest absolute Gasteiger partial charge is 0.493 e. The number of carbonyl (C=O) groups excluding carboxylic acids is 2. The molecule has 0 unspecified atom stereocenters. The van der Waals surface area contributed by atoms with Crippen LogP contribution in [0.15, 0.2) is 24.5 Å². The third-order valence-electron chi connectivity index (χ3n) is 7.41. The van der Waals surface area contributed by atoms with E-state index >= 15 is 0 Å². The molecule has 1 aromatic heterocycles. The van der Waals surface area contributed by atoms with Gasteiger partial charge in [-0.1, -0.05) is 13.0 Å². The van der Waals surface area contributed by atoms with Crippen molar-refractivity contribution in [3.63, 3.8) is 0 Å². The van der Waals surface area contributed by atoms with E-state index in [1.807, 2.05) is 11.8 Å². The summed E-state index contributed by atoms with van der Waals surface area (Å²) in [4.78, 5) is 37.4. The minimum Gasteiger partial charge on any atom is -0.493 e. The molecule has 0 aliphatic carbocycles. The molecule has 0 radical (unpaired) electrons. The predicted octanol–water partition coefficient (Wildman–Crippen LogP) is 3.51. The van der Waals surface area contributed by atoms with E-state index in [1.165, 1.54) is 17.9 Å². The maximum atomic E-state index is 14.5. The highest BCUT2D eigenvalue weighted by molar-refractivity contribution is 5.97. The molecule has 3 heterocycles. The monoisotopic (exact) mass is 557 g/mol. The maximum Gasteiger partial charge on any atom is 0.417 e. The summed E-state index contributed by atoms with van der Waals surface area (Å²) in [6, 6.07) is 2.91. The first-order valence-corrected chi connectivity index (χ1v) is 12.1. The Labute approximate surface area is 221 Å². The van der Waals surface area contributed by atoms with E-state index in [1.54, 1.807) is 7.05 Å². The van der Waals surface area contributed by atoms with Crippen molar-refractivity contribution >= 4 is 23.5 Å². The van der Waals surface area contributed by atoms with Crippen molar-refractivity contribution in [3.05, 3.63) is 41.7 Å². The molecule has 4 rings (SSSR count). The summed E-state index contributed by atoms with van der Waals surface area (Å²) in [6.07, 6.45) is -5.57. The van der Waals surface area contributed by atoms with Gasteiger partial charge >= 0.3 is 6.18 Å². The fourth-order valence-corrected chi connectivity index (χ4v) is 5.29. The average Bonchev–Trinajstić information content (AvgIpc) is 3.12. The average molecular weight is 558 g/mol. The van der Waals surface area contributed by atoms with Crippen molar-refractivity contribution in [2.24, 2.45) is 5.92 Å². The molecular formula is C25H28F5N5O4. The molecule has 14 heteroatoms. The second kappa shape index (κ2) is 10.3. The van der Waals surface area contributed by atoms with Crippen molar-refractivity contribution in [2.75, 3.05) is 37.5 Å². The molecule has 2 aliphatic heterocycles.